The van der Waals surface area contributed by atoms with Crippen molar-refractivity contribution in [3.05, 3.63) is 33.4 Å². The molecule has 0 aromatic carbocycles. The lowest BCUT2D eigenvalue weighted by Gasteiger charge is -2.16. The summed E-state index contributed by atoms with van der Waals surface area (Å²) in [4.78, 5) is 32.7. The highest BCUT2D eigenvalue weighted by Crippen LogP contribution is 2.35. The highest BCUT2D eigenvalue weighted by molar-refractivity contribution is 8.00. The van der Waals surface area contributed by atoms with Crippen molar-refractivity contribution >= 4 is 39.2 Å². The summed E-state index contributed by atoms with van der Waals surface area (Å²) in [6.07, 6.45) is 9.14. The molecule has 1 atom stereocenters. The number of nitrogens with one attached hydrogen (secondary N) is 1. The van der Waals surface area contributed by atoms with E-state index in [4.69, 9.17) is 4.98 Å². The maximum Gasteiger partial charge on any atom is 0.263 e. The Morgan fingerprint density at radius 3 is 2.93 bits per heavy atom. The lowest BCUT2D eigenvalue weighted by atomic mass is 9.97. The highest BCUT2D eigenvalue weighted by Gasteiger charge is 2.24. The molecule has 1 aliphatic carbocycles. The van der Waals surface area contributed by atoms with Gasteiger partial charge in [0.15, 0.2) is 5.16 Å². The number of rotatable bonds is 9. The molecule has 5 nitrogen and oxygen atoms in total. The van der Waals surface area contributed by atoms with Gasteiger partial charge in [0, 0.05) is 18.0 Å². The van der Waals surface area contributed by atoms with E-state index in [1.807, 2.05) is 11.5 Å². The summed E-state index contributed by atoms with van der Waals surface area (Å²) < 4.78 is 1.81. The Morgan fingerprint density at radius 2 is 2.18 bits per heavy atom. The van der Waals surface area contributed by atoms with Crippen LogP contribution in [-0.4, -0.2) is 27.3 Å². The van der Waals surface area contributed by atoms with Crippen molar-refractivity contribution in [3.63, 3.8) is 0 Å². The number of aryl methyl sites for hydroxylation is 2. The molecule has 2 aromatic heterocycles. The molecule has 1 N–H and O–H groups in total. The average Bonchev–Trinajstić information content (AvgIpc) is 3.06. The van der Waals surface area contributed by atoms with E-state index in [-0.39, 0.29) is 16.7 Å². The zero-order valence-corrected chi connectivity index (χ0v) is 18.4. The van der Waals surface area contributed by atoms with Crippen molar-refractivity contribution in [2.75, 3.05) is 6.54 Å². The van der Waals surface area contributed by atoms with Gasteiger partial charge in [0.05, 0.1) is 10.6 Å². The Hall–Kier alpha value is -1.60. The highest BCUT2D eigenvalue weighted by atomic mass is 32.2. The Labute approximate surface area is 174 Å². The number of thioether (sulfide) groups is 1. The summed E-state index contributed by atoms with van der Waals surface area (Å²) in [6.45, 7) is 8.74. The standard InChI is InChI=1S/C21H29N3O2S2/c1-4-6-9-13-24-20(26)17-15-10-7-8-11-16(15)28-19(17)23-21(24)27-14(3)18(25)22-12-5-2/h5,14H,2,4,6-13H2,1,3H3,(H,22,25)/t14-/m0/s1. The van der Waals surface area contributed by atoms with Crippen LogP contribution in [0.2, 0.25) is 0 Å². The molecule has 1 amide bonds. The van der Waals surface area contributed by atoms with Crippen LogP contribution in [0.4, 0.5) is 0 Å². The zero-order valence-electron chi connectivity index (χ0n) is 16.8. The minimum absolute atomic E-state index is 0.0650. The van der Waals surface area contributed by atoms with Gasteiger partial charge in [-0.25, -0.2) is 4.98 Å². The van der Waals surface area contributed by atoms with Gasteiger partial charge in [-0.15, -0.1) is 17.9 Å². The molecule has 7 heteroatoms. The van der Waals surface area contributed by atoms with E-state index in [9.17, 15) is 9.59 Å². The molecule has 0 aliphatic heterocycles. The first-order valence-corrected chi connectivity index (χ1v) is 11.9. The Bertz CT molecular complexity index is 916. The molecular weight excluding hydrogens is 390 g/mol. The smallest absolute Gasteiger partial charge is 0.263 e. The van der Waals surface area contributed by atoms with Crippen LogP contribution in [0.1, 0.15) is 56.4 Å². The van der Waals surface area contributed by atoms with Gasteiger partial charge in [0.1, 0.15) is 4.83 Å². The van der Waals surface area contributed by atoms with Crippen LogP contribution in [0, 0.1) is 0 Å². The van der Waals surface area contributed by atoms with Crippen molar-refractivity contribution in [2.45, 2.75) is 75.7 Å². The number of carbonyl (C=O) groups excluding carboxylic acids is 1. The van der Waals surface area contributed by atoms with Crippen molar-refractivity contribution in [2.24, 2.45) is 0 Å². The fourth-order valence-electron chi connectivity index (χ4n) is 3.56. The molecule has 152 valence electrons. The van der Waals surface area contributed by atoms with Gasteiger partial charge >= 0.3 is 0 Å². The predicted molar refractivity (Wildman–Crippen MR) is 119 cm³/mol. The van der Waals surface area contributed by atoms with Gasteiger partial charge in [-0.2, -0.15) is 0 Å². The summed E-state index contributed by atoms with van der Waals surface area (Å²) in [5.41, 5.74) is 1.29. The lowest BCUT2D eigenvalue weighted by Crippen LogP contribution is -2.32. The molecule has 0 unspecified atom stereocenters. The second kappa shape index (κ2) is 9.74. The molecule has 0 radical (unpaired) electrons. The fraction of sp³-hybridized carbons (Fsp3) is 0.571. The largest absolute Gasteiger partial charge is 0.352 e. The predicted octanol–water partition coefficient (Wildman–Crippen LogP) is 4.31. The minimum Gasteiger partial charge on any atom is -0.352 e. The van der Waals surface area contributed by atoms with Crippen LogP contribution in [0.5, 0.6) is 0 Å². The summed E-state index contributed by atoms with van der Waals surface area (Å²) in [6, 6.07) is 0. The molecular formula is C21H29N3O2S2. The van der Waals surface area contributed by atoms with Gasteiger partial charge in [-0.05, 0) is 44.6 Å². The van der Waals surface area contributed by atoms with E-state index in [0.29, 0.717) is 18.2 Å². The molecule has 2 heterocycles. The zero-order chi connectivity index (χ0) is 20.1. The van der Waals surface area contributed by atoms with Gasteiger partial charge in [0.25, 0.3) is 5.56 Å². The number of carbonyl (C=O) groups is 1. The first-order chi connectivity index (χ1) is 13.6. The van der Waals surface area contributed by atoms with Crippen molar-refractivity contribution in [3.8, 4) is 0 Å². The third kappa shape index (κ3) is 4.51. The number of unbranched alkanes of at least 4 members (excludes halogenated alkanes) is 2. The molecule has 3 rings (SSSR count). The molecule has 0 saturated carbocycles. The van der Waals surface area contributed by atoms with E-state index < -0.39 is 0 Å². The summed E-state index contributed by atoms with van der Waals surface area (Å²) in [5, 5.41) is 3.99. The number of nitrogens with zero attached hydrogens (tertiary/aromatic N) is 2. The van der Waals surface area contributed by atoms with Crippen LogP contribution in [0.25, 0.3) is 10.2 Å². The molecule has 0 bridgehead atoms. The first-order valence-electron chi connectivity index (χ1n) is 10.2. The number of thiophene rings is 1. The lowest BCUT2D eigenvalue weighted by molar-refractivity contribution is -0.120. The second-order valence-corrected chi connectivity index (χ2v) is 9.63. The van der Waals surface area contributed by atoms with E-state index >= 15 is 0 Å². The van der Waals surface area contributed by atoms with E-state index in [0.717, 1.165) is 48.7 Å². The minimum atomic E-state index is -0.323. The number of amides is 1. The Morgan fingerprint density at radius 1 is 1.39 bits per heavy atom. The second-order valence-electron chi connectivity index (χ2n) is 7.24. The average molecular weight is 420 g/mol. The van der Waals surface area contributed by atoms with Gasteiger partial charge in [0.2, 0.25) is 5.91 Å². The monoisotopic (exact) mass is 419 g/mol. The van der Waals surface area contributed by atoms with Gasteiger partial charge in [-0.1, -0.05) is 37.6 Å². The van der Waals surface area contributed by atoms with Crippen molar-refractivity contribution in [1.82, 2.24) is 14.9 Å². The van der Waals surface area contributed by atoms with Crippen LogP contribution in [0.3, 0.4) is 0 Å². The van der Waals surface area contributed by atoms with E-state index in [1.165, 1.54) is 28.6 Å². The van der Waals surface area contributed by atoms with Crippen molar-refractivity contribution in [1.29, 1.82) is 0 Å². The molecule has 28 heavy (non-hydrogen) atoms. The van der Waals surface area contributed by atoms with Crippen LogP contribution in [-0.2, 0) is 24.2 Å². The molecule has 1 aliphatic rings. The Kier molecular flexibility index (Phi) is 7.35. The maximum atomic E-state index is 13.4. The van der Waals surface area contributed by atoms with Gasteiger partial charge in [-0.3, -0.25) is 14.2 Å². The van der Waals surface area contributed by atoms with E-state index in [2.05, 4.69) is 18.8 Å². The van der Waals surface area contributed by atoms with Crippen molar-refractivity contribution < 1.29 is 4.79 Å². The fourth-order valence-corrected chi connectivity index (χ4v) is 5.82. The van der Waals surface area contributed by atoms with Crippen LogP contribution < -0.4 is 10.9 Å². The quantitative estimate of drug-likeness (QED) is 0.285. The first kappa shape index (κ1) is 21.1. The molecule has 0 spiro atoms. The summed E-state index contributed by atoms with van der Waals surface area (Å²) in [5.74, 6) is -0.0650. The number of fused-ring (bicyclic) bond motifs is 3. The third-order valence-corrected chi connectivity index (χ3v) is 7.37. The van der Waals surface area contributed by atoms with Gasteiger partial charge < -0.3 is 5.32 Å². The van der Waals surface area contributed by atoms with Crippen LogP contribution >= 0.6 is 23.1 Å². The number of hydrogen-bond donors (Lipinski definition) is 1. The summed E-state index contributed by atoms with van der Waals surface area (Å²) >= 11 is 3.04. The Balaban J connectivity index is 1.99. The van der Waals surface area contributed by atoms with E-state index in [1.54, 1.807) is 17.4 Å². The topological polar surface area (TPSA) is 64.0 Å². The SMILES string of the molecule is C=CCNC(=O)[C@H](C)Sc1nc2sc3c(c2c(=O)n1CCCCC)CCCC3. The number of hydrogen-bond acceptors (Lipinski definition) is 5. The third-order valence-electron chi connectivity index (χ3n) is 5.10. The summed E-state index contributed by atoms with van der Waals surface area (Å²) in [7, 11) is 0. The van der Waals surface area contributed by atoms with Crippen LogP contribution in [0.15, 0.2) is 22.6 Å². The molecule has 2 aromatic rings. The molecule has 0 saturated heterocycles. The number of aromatic nitrogens is 2. The maximum absolute atomic E-state index is 13.4. The molecule has 0 fully saturated rings. The normalized spacial score (nSPS) is 14.6.